The third kappa shape index (κ3) is 6.99. The zero-order valence-electron chi connectivity index (χ0n) is 26.7. The van der Waals surface area contributed by atoms with E-state index in [2.05, 4.69) is 17.2 Å². The lowest BCUT2D eigenvalue weighted by Gasteiger charge is -2.34. The van der Waals surface area contributed by atoms with Gasteiger partial charge in [-0.15, -0.1) is 5.92 Å². The largest absolute Gasteiger partial charge is 0.457 e. The Morgan fingerprint density at radius 2 is 1.76 bits per heavy atom. The molecule has 0 bridgehead atoms. The third-order valence-electron chi connectivity index (χ3n) is 7.51. The van der Waals surface area contributed by atoms with Crippen molar-refractivity contribution in [2.45, 2.75) is 65.3 Å². The van der Waals surface area contributed by atoms with E-state index in [0.29, 0.717) is 30.5 Å². The van der Waals surface area contributed by atoms with E-state index in [9.17, 15) is 19.2 Å². The number of imidazole rings is 1. The lowest BCUT2D eigenvalue weighted by Crippen LogP contribution is -2.49. The first-order chi connectivity index (χ1) is 22.0. The Labute approximate surface area is 266 Å². The van der Waals surface area contributed by atoms with Crippen LogP contribution in [0, 0.1) is 11.8 Å². The smallest absolute Gasteiger partial charge is 0.407 e. The van der Waals surface area contributed by atoms with E-state index in [0.717, 1.165) is 17.4 Å². The van der Waals surface area contributed by atoms with Gasteiger partial charge in [0.15, 0.2) is 16.9 Å². The van der Waals surface area contributed by atoms with Crippen molar-refractivity contribution < 1.29 is 19.1 Å². The number of benzene rings is 2. The molecule has 12 nitrogen and oxygen atoms in total. The number of anilines is 1. The highest BCUT2D eigenvalue weighted by Gasteiger charge is 2.29. The topological polar surface area (TPSA) is 130 Å². The van der Waals surface area contributed by atoms with Gasteiger partial charge in [0.1, 0.15) is 17.1 Å². The monoisotopic (exact) mass is 626 g/mol. The van der Waals surface area contributed by atoms with Crippen LogP contribution in [-0.4, -0.2) is 55.3 Å². The van der Waals surface area contributed by atoms with Crippen molar-refractivity contribution in [1.82, 2.24) is 24.0 Å². The molecule has 0 saturated carbocycles. The number of nitrogens with one attached hydrogen (secondary N) is 1. The molecule has 1 N–H and O–H groups in total. The van der Waals surface area contributed by atoms with Gasteiger partial charge < -0.3 is 19.7 Å². The Bertz CT molecular complexity index is 1940. The normalized spacial score (nSPS) is 14.8. The zero-order chi connectivity index (χ0) is 33.0. The van der Waals surface area contributed by atoms with Gasteiger partial charge in [0.05, 0.1) is 18.7 Å². The van der Waals surface area contributed by atoms with E-state index in [1.54, 1.807) is 68.7 Å². The van der Waals surface area contributed by atoms with Gasteiger partial charge in [0.25, 0.3) is 5.56 Å². The summed E-state index contributed by atoms with van der Waals surface area (Å²) in [5.74, 6) is 6.72. The third-order valence-corrected chi connectivity index (χ3v) is 7.51. The number of rotatable bonds is 8. The molecule has 0 radical (unpaired) electrons. The summed E-state index contributed by atoms with van der Waals surface area (Å²) >= 11 is 0. The Morgan fingerprint density at radius 3 is 2.48 bits per heavy atom. The molecule has 1 aliphatic rings. The summed E-state index contributed by atoms with van der Waals surface area (Å²) < 4.78 is 15.3. The minimum Gasteiger partial charge on any atom is -0.457 e. The average Bonchev–Trinajstić information content (AvgIpc) is 3.40. The Hall–Kier alpha value is -5.31. The molecule has 2 aromatic carbocycles. The minimum absolute atomic E-state index is 0.137. The molecule has 5 rings (SSSR count). The fourth-order valence-corrected chi connectivity index (χ4v) is 5.43. The molecule has 240 valence electrons. The van der Waals surface area contributed by atoms with Crippen LogP contribution >= 0.6 is 0 Å². The fourth-order valence-electron chi connectivity index (χ4n) is 5.43. The summed E-state index contributed by atoms with van der Waals surface area (Å²) in [5, 5.41) is 2.93. The number of hydrogen-bond acceptors (Lipinski definition) is 8. The number of para-hydroxylation sites is 2. The second-order valence-electron chi connectivity index (χ2n) is 12.1. The van der Waals surface area contributed by atoms with Crippen LogP contribution in [0.3, 0.4) is 0 Å². The van der Waals surface area contributed by atoms with Gasteiger partial charge in [-0.2, -0.15) is 4.98 Å². The Balaban J connectivity index is 1.50. The summed E-state index contributed by atoms with van der Waals surface area (Å²) in [6.45, 7) is 7.79. The van der Waals surface area contributed by atoms with E-state index in [4.69, 9.17) is 14.5 Å². The quantitative estimate of drug-likeness (QED) is 0.229. The van der Waals surface area contributed by atoms with Gasteiger partial charge in [-0.1, -0.05) is 36.3 Å². The van der Waals surface area contributed by atoms with Crippen LogP contribution in [0.2, 0.25) is 0 Å². The lowest BCUT2D eigenvalue weighted by atomic mass is 10.1. The van der Waals surface area contributed by atoms with Gasteiger partial charge in [-0.05, 0) is 64.8 Å². The number of nitrogens with zero attached hydrogens (tertiary/aromatic N) is 5. The molecule has 1 fully saturated rings. The van der Waals surface area contributed by atoms with Crippen LogP contribution in [0.25, 0.3) is 11.2 Å². The maximum Gasteiger partial charge on any atom is 0.407 e. The number of aromatic nitrogens is 4. The first-order valence-electron chi connectivity index (χ1n) is 15.2. The van der Waals surface area contributed by atoms with Crippen molar-refractivity contribution >= 4 is 29.0 Å². The molecule has 4 aromatic rings. The molecule has 12 heteroatoms. The number of alkyl carbamates (subject to hydrolysis) is 1. The first-order valence-corrected chi connectivity index (χ1v) is 15.2. The number of carbonyl (C=O) groups is 2. The number of piperidine rings is 1. The highest BCUT2D eigenvalue weighted by molar-refractivity contribution is 5.98. The summed E-state index contributed by atoms with van der Waals surface area (Å²) in [4.78, 5) is 60.4. The molecule has 0 aliphatic carbocycles. The summed E-state index contributed by atoms with van der Waals surface area (Å²) in [5.41, 5.74) is -1.37. The lowest BCUT2D eigenvalue weighted by molar-refractivity contribution is 0.0499. The number of ether oxygens (including phenoxy) is 2. The second-order valence-corrected chi connectivity index (χ2v) is 12.1. The molecule has 1 amide bonds. The Morgan fingerprint density at radius 1 is 1.04 bits per heavy atom. The first kappa shape index (κ1) is 32.1. The van der Waals surface area contributed by atoms with Gasteiger partial charge in [0, 0.05) is 26.2 Å². The van der Waals surface area contributed by atoms with E-state index in [1.807, 2.05) is 23.1 Å². The molecular formula is C34H38N6O6. The van der Waals surface area contributed by atoms with Crippen LogP contribution < -0.4 is 26.2 Å². The number of aryl methyl sites for hydroxylation is 1. The van der Waals surface area contributed by atoms with Crippen molar-refractivity contribution in [3.05, 3.63) is 81.0 Å². The molecule has 46 heavy (non-hydrogen) atoms. The SMILES string of the molecule is CC#CCn1c(N2CCC[C@@H](NC(=O)OC(C)(C)C)C2)nc2c1c(=O)n(CC(=O)c1ccccc1Oc1ccccc1)c(=O)n2C. The van der Waals surface area contributed by atoms with Crippen molar-refractivity contribution in [3.63, 3.8) is 0 Å². The van der Waals surface area contributed by atoms with Gasteiger partial charge >= 0.3 is 11.8 Å². The summed E-state index contributed by atoms with van der Waals surface area (Å²) in [7, 11) is 1.52. The van der Waals surface area contributed by atoms with Crippen molar-refractivity contribution in [2.24, 2.45) is 7.05 Å². The molecule has 3 heterocycles. The summed E-state index contributed by atoms with van der Waals surface area (Å²) in [6, 6.07) is 15.5. The van der Waals surface area contributed by atoms with Crippen LogP contribution in [0.1, 0.15) is 50.9 Å². The van der Waals surface area contributed by atoms with E-state index >= 15 is 0 Å². The molecule has 2 aromatic heterocycles. The Kier molecular flexibility index (Phi) is 9.32. The van der Waals surface area contributed by atoms with Gasteiger partial charge in [0.2, 0.25) is 5.95 Å². The molecule has 1 atom stereocenters. The van der Waals surface area contributed by atoms with Gasteiger partial charge in [-0.3, -0.25) is 23.3 Å². The molecule has 0 spiro atoms. The number of Topliss-reactive ketones (excluding diaryl/α,β-unsaturated/α-hetero) is 1. The molecule has 0 unspecified atom stereocenters. The number of ketones is 1. The van der Waals surface area contributed by atoms with Gasteiger partial charge in [-0.25, -0.2) is 9.59 Å². The maximum atomic E-state index is 14.0. The molecule has 1 saturated heterocycles. The average molecular weight is 627 g/mol. The fraction of sp³-hybridized carbons (Fsp3) is 0.382. The second kappa shape index (κ2) is 13.4. The van der Waals surface area contributed by atoms with Crippen LogP contribution in [-0.2, 0) is 24.9 Å². The van der Waals surface area contributed by atoms with Crippen molar-refractivity contribution in [3.8, 4) is 23.3 Å². The van der Waals surface area contributed by atoms with Crippen LogP contribution in [0.15, 0.2) is 64.2 Å². The number of hydrogen-bond donors (Lipinski definition) is 1. The highest BCUT2D eigenvalue weighted by atomic mass is 16.6. The standard InChI is InChI=1S/C34H38N6O6/c1-6-7-20-39-28-29(36-31(39)38-19-13-14-23(21-38)35-32(43)46-34(2,3)4)37(5)33(44)40(30(28)42)22-26(41)25-17-11-12-18-27(25)45-24-15-9-8-10-16-24/h8-12,15-18,23H,13-14,19-22H2,1-5H3,(H,35,43)/t23-/m1/s1. The van der Waals surface area contributed by atoms with E-state index in [1.165, 1.54) is 11.6 Å². The maximum absolute atomic E-state index is 14.0. The van der Waals surface area contributed by atoms with Crippen molar-refractivity contribution in [1.29, 1.82) is 0 Å². The van der Waals surface area contributed by atoms with Crippen LogP contribution in [0.4, 0.5) is 10.7 Å². The molecular weight excluding hydrogens is 588 g/mol. The predicted molar refractivity (Wildman–Crippen MR) is 175 cm³/mol. The van der Waals surface area contributed by atoms with Crippen LogP contribution in [0.5, 0.6) is 11.5 Å². The van der Waals surface area contributed by atoms with Crippen molar-refractivity contribution in [2.75, 3.05) is 18.0 Å². The van der Waals surface area contributed by atoms with E-state index in [-0.39, 0.29) is 29.3 Å². The predicted octanol–water partition coefficient (Wildman–Crippen LogP) is 4.09. The molecule has 1 aliphatic heterocycles. The number of amides is 1. The highest BCUT2D eigenvalue weighted by Crippen LogP contribution is 2.26. The number of fused-ring (bicyclic) bond motifs is 1. The summed E-state index contributed by atoms with van der Waals surface area (Å²) in [6.07, 6.45) is 0.995. The minimum atomic E-state index is -0.673. The zero-order valence-corrected chi connectivity index (χ0v) is 26.7. The number of carbonyl (C=O) groups excluding carboxylic acids is 2. The van der Waals surface area contributed by atoms with E-state index < -0.39 is 35.3 Å².